The van der Waals surface area contributed by atoms with E-state index in [-0.39, 0.29) is 24.5 Å². The molecule has 1 aromatic carbocycles. The highest BCUT2D eigenvalue weighted by Crippen LogP contribution is 2.16. The van der Waals surface area contributed by atoms with E-state index in [4.69, 9.17) is 4.74 Å². The molecule has 1 heterocycles. The summed E-state index contributed by atoms with van der Waals surface area (Å²) >= 11 is 1.38. The molecule has 0 unspecified atom stereocenters. The number of hydrogen-bond acceptors (Lipinski definition) is 5. The number of thiazole rings is 1. The van der Waals surface area contributed by atoms with Crippen molar-refractivity contribution in [2.75, 3.05) is 11.9 Å². The van der Waals surface area contributed by atoms with Crippen molar-refractivity contribution in [3.8, 4) is 5.75 Å². The number of benzene rings is 1. The summed E-state index contributed by atoms with van der Waals surface area (Å²) in [6.07, 6.45) is 1.76. The summed E-state index contributed by atoms with van der Waals surface area (Å²) in [6, 6.07) is 6.78. The molecule has 0 spiro atoms. The lowest BCUT2D eigenvalue weighted by Gasteiger charge is -2.10. The Bertz CT molecular complexity index is 680. The maximum absolute atomic E-state index is 12.0. The molecule has 0 aliphatic rings. The highest BCUT2D eigenvalue weighted by atomic mass is 32.1. The van der Waals surface area contributed by atoms with Crippen LogP contribution in [-0.2, 0) is 4.79 Å². The van der Waals surface area contributed by atoms with Crippen LogP contribution in [0.5, 0.6) is 5.75 Å². The van der Waals surface area contributed by atoms with Crippen molar-refractivity contribution in [3.05, 3.63) is 40.9 Å². The largest absolute Gasteiger partial charge is 0.491 e. The van der Waals surface area contributed by atoms with Crippen molar-refractivity contribution in [2.45, 2.75) is 26.9 Å². The summed E-state index contributed by atoms with van der Waals surface area (Å²) in [4.78, 5) is 28.8. The van der Waals surface area contributed by atoms with Crippen LogP contribution in [0.15, 0.2) is 30.5 Å². The highest BCUT2D eigenvalue weighted by molar-refractivity contribution is 7.15. The number of anilines is 1. The average Bonchev–Trinajstić information content (AvgIpc) is 2.90. The molecule has 6 nitrogen and oxygen atoms in total. The second-order valence-electron chi connectivity index (χ2n) is 5.20. The van der Waals surface area contributed by atoms with E-state index >= 15 is 0 Å². The zero-order valence-electron chi connectivity index (χ0n) is 13.3. The third kappa shape index (κ3) is 5.37. The molecule has 0 radical (unpaired) electrons. The smallest absolute Gasteiger partial charge is 0.251 e. The molecule has 2 rings (SSSR count). The third-order valence-electron chi connectivity index (χ3n) is 2.77. The van der Waals surface area contributed by atoms with E-state index in [2.05, 4.69) is 15.6 Å². The van der Waals surface area contributed by atoms with Crippen LogP contribution >= 0.6 is 11.3 Å². The van der Waals surface area contributed by atoms with Crippen LogP contribution in [0.25, 0.3) is 0 Å². The van der Waals surface area contributed by atoms with Crippen LogP contribution in [0.1, 0.15) is 29.1 Å². The number of ether oxygens (including phenoxy) is 1. The first kappa shape index (κ1) is 17.0. The fourth-order valence-electron chi connectivity index (χ4n) is 1.80. The van der Waals surface area contributed by atoms with Crippen LogP contribution in [0, 0.1) is 6.92 Å². The van der Waals surface area contributed by atoms with Gasteiger partial charge in [-0.05, 0) is 45.0 Å². The van der Waals surface area contributed by atoms with E-state index in [1.165, 1.54) is 11.3 Å². The quantitative estimate of drug-likeness (QED) is 0.851. The van der Waals surface area contributed by atoms with Gasteiger partial charge in [-0.1, -0.05) is 0 Å². The van der Waals surface area contributed by atoms with Gasteiger partial charge in [0.1, 0.15) is 5.75 Å². The van der Waals surface area contributed by atoms with Crippen molar-refractivity contribution < 1.29 is 14.3 Å². The molecule has 0 saturated carbocycles. The standard InChI is InChI=1S/C16H19N3O3S/c1-10(2)22-13-6-4-12(5-7-13)15(21)17-9-14(20)19-16-18-8-11(3)23-16/h4-8,10H,9H2,1-3H3,(H,17,21)(H,18,19,20). The van der Waals surface area contributed by atoms with Gasteiger partial charge in [-0.25, -0.2) is 4.98 Å². The van der Waals surface area contributed by atoms with E-state index < -0.39 is 0 Å². The van der Waals surface area contributed by atoms with Gasteiger partial charge in [0, 0.05) is 16.6 Å². The molecular formula is C16H19N3O3S. The van der Waals surface area contributed by atoms with Crippen LogP contribution in [0.4, 0.5) is 5.13 Å². The molecular weight excluding hydrogens is 314 g/mol. The maximum Gasteiger partial charge on any atom is 0.251 e. The number of nitrogens with zero attached hydrogens (tertiary/aromatic N) is 1. The van der Waals surface area contributed by atoms with E-state index in [0.29, 0.717) is 16.4 Å². The molecule has 23 heavy (non-hydrogen) atoms. The number of nitrogens with one attached hydrogen (secondary N) is 2. The van der Waals surface area contributed by atoms with Crippen LogP contribution < -0.4 is 15.4 Å². The zero-order chi connectivity index (χ0) is 16.8. The van der Waals surface area contributed by atoms with E-state index in [9.17, 15) is 9.59 Å². The van der Waals surface area contributed by atoms with Gasteiger partial charge < -0.3 is 15.4 Å². The number of aryl methyl sites for hydroxylation is 1. The summed E-state index contributed by atoms with van der Waals surface area (Å²) in [5.74, 6) is 0.0764. The minimum atomic E-state index is -0.313. The topological polar surface area (TPSA) is 80.3 Å². The maximum atomic E-state index is 12.0. The molecule has 0 bridgehead atoms. The molecule has 2 N–H and O–H groups in total. The summed E-state index contributed by atoms with van der Waals surface area (Å²) in [5, 5.41) is 5.73. The van der Waals surface area contributed by atoms with E-state index in [1.807, 2.05) is 20.8 Å². The fraction of sp³-hybridized carbons (Fsp3) is 0.312. The summed E-state index contributed by atoms with van der Waals surface area (Å²) < 4.78 is 5.51. The molecule has 0 aliphatic carbocycles. The summed E-state index contributed by atoms with van der Waals surface area (Å²) in [5.41, 5.74) is 0.471. The first-order valence-corrected chi connectivity index (χ1v) is 8.03. The van der Waals surface area contributed by atoms with E-state index in [0.717, 1.165) is 4.88 Å². The lowest BCUT2D eigenvalue weighted by atomic mass is 10.2. The number of rotatable bonds is 6. The second kappa shape index (κ2) is 7.73. The number of aromatic nitrogens is 1. The molecule has 1 aromatic heterocycles. The predicted molar refractivity (Wildman–Crippen MR) is 90.0 cm³/mol. The van der Waals surface area contributed by atoms with Gasteiger partial charge in [0.2, 0.25) is 5.91 Å². The SMILES string of the molecule is Cc1cnc(NC(=O)CNC(=O)c2ccc(OC(C)C)cc2)s1. The first-order valence-electron chi connectivity index (χ1n) is 7.21. The Morgan fingerprint density at radius 2 is 1.96 bits per heavy atom. The molecule has 0 atom stereocenters. The van der Waals surface area contributed by atoms with Crippen molar-refractivity contribution in [2.24, 2.45) is 0 Å². The molecule has 0 fully saturated rings. The number of carbonyl (C=O) groups excluding carboxylic acids is 2. The highest BCUT2D eigenvalue weighted by Gasteiger charge is 2.10. The Kier molecular flexibility index (Phi) is 5.70. The molecule has 2 aromatic rings. The second-order valence-corrected chi connectivity index (χ2v) is 6.43. The number of hydrogen-bond donors (Lipinski definition) is 2. The van der Waals surface area contributed by atoms with Crippen molar-refractivity contribution in [1.29, 1.82) is 0 Å². The van der Waals surface area contributed by atoms with Crippen molar-refractivity contribution in [1.82, 2.24) is 10.3 Å². The normalized spacial score (nSPS) is 10.4. The molecule has 2 amide bonds. The minimum absolute atomic E-state index is 0.0767. The Labute approximate surface area is 138 Å². The zero-order valence-corrected chi connectivity index (χ0v) is 14.1. The van der Waals surface area contributed by atoms with Gasteiger partial charge in [-0.2, -0.15) is 0 Å². The molecule has 122 valence electrons. The van der Waals surface area contributed by atoms with Crippen LogP contribution in [-0.4, -0.2) is 29.4 Å². The Morgan fingerprint density at radius 1 is 1.26 bits per heavy atom. The van der Waals surface area contributed by atoms with E-state index in [1.54, 1.807) is 30.5 Å². The van der Waals surface area contributed by atoms with Gasteiger partial charge >= 0.3 is 0 Å². The predicted octanol–water partition coefficient (Wildman–Crippen LogP) is 2.61. The lowest BCUT2D eigenvalue weighted by Crippen LogP contribution is -2.32. The molecule has 0 aliphatic heterocycles. The molecule has 7 heteroatoms. The van der Waals surface area contributed by atoms with Crippen molar-refractivity contribution >= 4 is 28.3 Å². The van der Waals surface area contributed by atoms with Crippen LogP contribution in [0.3, 0.4) is 0 Å². The van der Waals surface area contributed by atoms with Crippen LogP contribution in [0.2, 0.25) is 0 Å². The molecule has 0 saturated heterocycles. The monoisotopic (exact) mass is 333 g/mol. The lowest BCUT2D eigenvalue weighted by molar-refractivity contribution is -0.115. The third-order valence-corrected chi connectivity index (χ3v) is 3.59. The number of carbonyl (C=O) groups is 2. The Hall–Kier alpha value is -2.41. The minimum Gasteiger partial charge on any atom is -0.491 e. The fourth-order valence-corrected chi connectivity index (χ4v) is 2.48. The van der Waals surface area contributed by atoms with Gasteiger partial charge in [0.05, 0.1) is 12.6 Å². The Balaban J connectivity index is 1.83. The van der Waals surface area contributed by atoms with Gasteiger partial charge in [-0.15, -0.1) is 11.3 Å². The van der Waals surface area contributed by atoms with Gasteiger partial charge in [0.15, 0.2) is 5.13 Å². The first-order chi connectivity index (χ1) is 10.9. The summed E-state index contributed by atoms with van der Waals surface area (Å²) in [6.45, 7) is 5.66. The Morgan fingerprint density at radius 3 is 2.52 bits per heavy atom. The summed E-state index contributed by atoms with van der Waals surface area (Å²) in [7, 11) is 0. The van der Waals surface area contributed by atoms with Gasteiger partial charge in [-0.3, -0.25) is 9.59 Å². The average molecular weight is 333 g/mol. The van der Waals surface area contributed by atoms with Gasteiger partial charge in [0.25, 0.3) is 5.91 Å². The van der Waals surface area contributed by atoms with Crippen molar-refractivity contribution in [3.63, 3.8) is 0 Å². The number of amides is 2.